The molecule has 0 radical (unpaired) electrons. The maximum Gasteiger partial charge on any atom is 0.253 e. The third kappa shape index (κ3) is 6.99. The van der Waals surface area contributed by atoms with Gasteiger partial charge in [0, 0.05) is 80.4 Å². The molecule has 0 saturated carbocycles. The summed E-state index contributed by atoms with van der Waals surface area (Å²) in [5.41, 5.74) is 4.55. The molecule has 1 aromatic carbocycles. The van der Waals surface area contributed by atoms with Gasteiger partial charge in [0.15, 0.2) is 0 Å². The third-order valence-corrected chi connectivity index (χ3v) is 6.26. The Bertz CT molecular complexity index is 1060. The number of carbonyl (C=O) groups is 1. The van der Waals surface area contributed by atoms with E-state index in [0.717, 1.165) is 73.5 Å². The molecule has 4 rings (SSSR count). The Kier molecular flexibility index (Phi) is 10.4. The first-order chi connectivity index (χ1) is 17.2. The van der Waals surface area contributed by atoms with Crippen molar-refractivity contribution in [2.45, 2.75) is 34.1 Å². The second-order valence-corrected chi connectivity index (χ2v) is 8.37. The smallest absolute Gasteiger partial charge is 0.253 e. The maximum atomic E-state index is 12.6. The van der Waals surface area contributed by atoms with E-state index in [-0.39, 0.29) is 5.91 Å². The first kappa shape index (κ1) is 26.6. The number of nitrogens with one attached hydrogen (secondary N) is 2. The van der Waals surface area contributed by atoms with Gasteiger partial charge in [-0.05, 0) is 51.1 Å². The van der Waals surface area contributed by atoms with E-state index in [1.54, 1.807) is 6.20 Å². The monoisotopic (exact) mass is 476 g/mol. The Labute approximate surface area is 209 Å². The van der Waals surface area contributed by atoms with E-state index in [0.29, 0.717) is 18.7 Å². The fraction of sp³-hybridized carbons (Fsp3) is 0.464. The van der Waals surface area contributed by atoms with Crippen LogP contribution in [0.2, 0.25) is 0 Å². The van der Waals surface area contributed by atoms with Crippen molar-refractivity contribution in [1.29, 1.82) is 0 Å². The second kappa shape index (κ2) is 13.8. The summed E-state index contributed by atoms with van der Waals surface area (Å²) in [6, 6.07) is 11.8. The molecule has 0 bridgehead atoms. The second-order valence-electron chi connectivity index (χ2n) is 8.37. The van der Waals surface area contributed by atoms with Gasteiger partial charge in [-0.1, -0.05) is 26.0 Å². The summed E-state index contributed by atoms with van der Waals surface area (Å²) in [5, 5.41) is 8.04. The number of aromatic nitrogens is 2. The van der Waals surface area contributed by atoms with E-state index in [1.165, 1.54) is 0 Å². The summed E-state index contributed by atoms with van der Waals surface area (Å²) in [7, 11) is 0. The van der Waals surface area contributed by atoms with Crippen LogP contribution in [0.3, 0.4) is 0 Å². The minimum absolute atomic E-state index is 0.0657. The van der Waals surface area contributed by atoms with Crippen molar-refractivity contribution < 1.29 is 4.79 Å². The zero-order valence-corrected chi connectivity index (χ0v) is 21.7. The van der Waals surface area contributed by atoms with Gasteiger partial charge in [-0.2, -0.15) is 0 Å². The number of hydrogen-bond acceptors (Lipinski definition) is 6. The third-order valence-electron chi connectivity index (χ3n) is 6.26. The number of pyridine rings is 2. The van der Waals surface area contributed by atoms with Crippen molar-refractivity contribution in [2.24, 2.45) is 0 Å². The van der Waals surface area contributed by atoms with Gasteiger partial charge in [-0.3, -0.25) is 9.78 Å². The Morgan fingerprint density at radius 3 is 2.49 bits per heavy atom. The van der Waals surface area contributed by atoms with Crippen LogP contribution in [-0.2, 0) is 0 Å². The lowest BCUT2D eigenvalue weighted by Crippen LogP contribution is -2.44. The van der Waals surface area contributed by atoms with E-state index in [1.807, 2.05) is 69.1 Å². The number of rotatable bonds is 9. The lowest BCUT2D eigenvalue weighted by molar-refractivity contribution is 0.0773. The molecule has 188 valence electrons. The molecule has 3 heterocycles. The molecule has 1 amide bonds. The quantitative estimate of drug-likeness (QED) is 0.443. The van der Waals surface area contributed by atoms with Crippen molar-refractivity contribution >= 4 is 22.5 Å². The van der Waals surface area contributed by atoms with Crippen LogP contribution in [0.5, 0.6) is 0 Å². The van der Waals surface area contributed by atoms with Gasteiger partial charge in [0.05, 0.1) is 11.2 Å². The topological polar surface area (TPSA) is 73.4 Å². The largest absolute Gasteiger partial charge is 0.384 e. The van der Waals surface area contributed by atoms with Crippen LogP contribution >= 0.6 is 0 Å². The number of amides is 1. The molecule has 1 aliphatic rings. The van der Waals surface area contributed by atoms with Crippen molar-refractivity contribution in [3.8, 4) is 11.3 Å². The normalized spacial score (nSPS) is 13.7. The predicted octanol–water partition coefficient (Wildman–Crippen LogP) is 4.51. The highest BCUT2D eigenvalue weighted by Crippen LogP contribution is 2.28. The molecule has 0 unspecified atom stereocenters. The number of fused-ring (bicyclic) bond motifs is 1. The fourth-order valence-corrected chi connectivity index (χ4v) is 4.30. The van der Waals surface area contributed by atoms with Crippen LogP contribution < -0.4 is 10.6 Å². The van der Waals surface area contributed by atoms with Gasteiger partial charge in [0.2, 0.25) is 0 Å². The van der Waals surface area contributed by atoms with Crippen LogP contribution in [0.4, 0.5) is 5.69 Å². The fourth-order valence-electron chi connectivity index (χ4n) is 4.30. The average molecular weight is 477 g/mol. The molecule has 35 heavy (non-hydrogen) atoms. The highest BCUT2D eigenvalue weighted by atomic mass is 16.2. The van der Waals surface area contributed by atoms with Crippen molar-refractivity contribution in [3.05, 3.63) is 54.4 Å². The minimum Gasteiger partial charge on any atom is -0.384 e. The lowest BCUT2D eigenvalue weighted by atomic mass is 10.1. The maximum absolute atomic E-state index is 12.6. The SMILES string of the molecule is CC.CCN(CC)C(=O)c1ccc(-c2cc(NCCCN3CCNCC3)c3cnccc3n2)cc1. The first-order valence-corrected chi connectivity index (χ1v) is 13.0. The number of nitrogens with zero attached hydrogens (tertiary/aromatic N) is 4. The number of benzene rings is 1. The molecule has 0 spiro atoms. The molecule has 3 aromatic rings. The highest BCUT2D eigenvalue weighted by molar-refractivity contribution is 5.95. The van der Waals surface area contributed by atoms with Crippen molar-refractivity contribution in [3.63, 3.8) is 0 Å². The predicted molar refractivity (Wildman–Crippen MR) is 146 cm³/mol. The van der Waals surface area contributed by atoms with Crippen molar-refractivity contribution in [2.75, 3.05) is 57.7 Å². The summed E-state index contributed by atoms with van der Waals surface area (Å²) < 4.78 is 0. The van der Waals surface area contributed by atoms with Gasteiger partial charge in [0.1, 0.15) is 0 Å². The Morgan fingerprint density at radius 1 is 1.09 bits per heavy atom. The Balaban J connectivity index is 0.00000167. The average Bonchev–Trinajstić information content (AvgIpc) is 2.93. The van der Waals surface area contributed by atoms with E-state index in [2.05, 4.69) is 26.6 Å². The standard InChI is InChI=1S/C26H34N6O.C2H6/c1-3-32(4-2)26(33)21-8-6-20(7-9-21)24-18-25(22-19-28-12-10-23(22)30-24)29-11-5-15-31-16-13-27-14-17-31;1-2/h6-10,12,18-19,27H,3-5,11,13-17H2,1-2H3,(H,29,30);1-2H3. The minimum atomic E-state index is 0.0657. The molecular formula is C28H40N6O. The van der Waals surface area contributed by atoms with E-state index in [9.17, 15) is 4.79 Å². The van der Waals surface area contributed by atoms with Gasteiger partial charge >= 0.3 is 0 Å². The number of piperazine rings is 1. The molecule has 1 aliphatic heterocycles. The number of carbonyl (C=O) groups excluding carboxylic acids is 1. The summed E-state index contributed by atoms with van der Waals surface area (Å²) in [6.45, 7) is 15.8. The zero-order chi connectivity index (χ0) is 25.0. The van der Waals surface area contributed by atoms with Crippen LogP contribution in [0, 0.1) is 0 Å². The molecule has 1 saturated heterocycles. The summed E-state index contributed by atoms with van der Waals surface area (Å²) >= 11 is 0. The molecule has 2 N–H and O–H groups in total. The van der Waals surface area contributed by atoms with Gasteiger partial charge in [-0.15, -0.1) is 0 Å². The summed E-state index contributed by atoms with van der Waals surface area (Å²) in [5.74, 6) is 0.0657. The molecule has 7 heteroatoms. The van der Waals surface area contributed by atoms with E-state index < -0.39 is 0 Å². The highest BCUT2D eigenvalue weighted by Gasteiger charge is 2.14. The first-order valence-electron chi connectivity index (χ1n) is 13.0. The molecule has 0 atom stereocenters. The summed E-state index contributed by atoms with van der Waals surface area (Å²) in [6.07, 6.45) is 4.73. The van der Waals surface area contributed by atoms with Crippen LogP contribution in [0.25, 0.3) is 22.2 Å². The number of hydrogen-bond donors (Lipinski definition) is 2. The Hall–Kier alpha value is -3.03. The van der Waals surface area contributed by atoms with E-state index in [4.69, 9.17) is 4.98 Å². The van der Waals surface area contributed by atoms with Crippen LogP contribution in [-0.4, -0.2) is 78.0 Å². The molecule has 2 aromatic heterocycles. The van der Waals surface area contributed by atoms with Gasteiger partial charge < -0.3 is 20.4 Å². The molecule has 1 fully saturated rings. The van der Waals surface area contributed by atoms with Crippen LogP contribution in [0.15, 0.2) is 48.8 Å². The van der Waals surface area contributed by atoms with E-state index >= 15 is 0 Å². The zero-order valence-electron chi connectivity index (χ0n) is 21.7. The number of anilines is 1. The molecule has 7 nitrogen and oxygen atoms in total. The van der Waals surface area contributed by atoms with Crippen LogP contribution in [0.1, 0.15) is 44.5 Å². The van der Waals surface area contributed by atoms with Gasteiger partial charge in [0.25, 0.3) is 5.91 Å². The molecule has 0 aliphatic carbocycles. The summed E-state index contributed by atoms with van der Waals surface area (Å²) in [4.78, 5) is 26.1. The van der Waals surface area contributed by atoms with Crippen molar-refractivity contribution in [1.82, 2.24) is 25.1 Å². The molecular weight excluding hydrogens is 436 g/mol. The lowest BCUT2D eigenvalue weighted by Gasteiger charge is -2.27. The Morgan fingerprint density at radius 2 is 1.80 bits per heavy atom. The van der Waals surface area contributed by atoms with Gasteiger partial charge in [-0.25, -0.2) is 4.98 Å².